The molecule has 0 aliphatic rings. The Morgan fingerprint density at radius 3 is 2.35 bits per heavy atom. The van der Waals surface area contributed by atoms with Crippen molar-refractivity contribution in [3.05, 3.63) is 12.7 Å². The highest BCUT2D eigenvalue weighted by molar-refractivity contribution is 5.83. The van der Waals surface area contributed by atoms with Crippen molar-refractivity contribution in [2.45, 2.75) is 26.4 Å². The largest absolute Gasteiger partial charge is 0.467 e. The summed E-state index contributed by atoms with van der Waals surface area (Å²) in [5.41, 5.74) is 0. The molecule has 0 amide bonds. The van der Waals surface area contributed by atoms with E-state index < -0.39 is 24.0 Å². The maximum absolute atomic E-state index is 11.7. The summed E-state index contributed by atoms with van der Waals surface area (Å²) in [5, 5.41) is 9.69. The topological polar surface area (TPSA) is 72.8 Å². The predicted octanol–water partition coefficient (Wildman–Crippen LogP) is 0.912. The molecule has 5 nitrogen and oxygen atoms in total. The summed E-state index contributed by atoms with van der Waals surface area (Å²) in [6.07, 6.45) is 0.292. The van der Waals surface area contributed by atoms with Crippen molar-refractivity contribution in [2.75, 3.05) is 13.7 Å². The molecule has 0 radical (unpaired) electrons. The van der Waals surface area contributed by atoms with E-state index in [9.17, 15) is 14.7 Å². The molecule has 0 spiro atoms. The third-order valence-electron chi connectivity index (χ3n) is 2.20. The molecule has 0 saturated heterocycles. The van der Waals surface area contributed by atoms with E-state index >= 15 is 0 Å². The van der Waals surface area contributed by atoms with Gasteiger partial charge in [0.05, 0.1) is 13.0 Å². The Morgan fingerprint density at radius 1 is 1.35 bits per heavy atom. The third-order valence-corrected chi connectivity index (χ3v) is 2.20. The standard InChI is InChI=1S/C12H20O5/c1-5-6-17-11(14)9(7-8(2)3)10(13)12(15)16-4/h5,8-10,13H,1,6-7H2,2-4H3. The first-order chi connectivity index (χ1) is 7.93. The summed E-state index contributed by atoms with van der Waals surface area (Å²) in [7, 11) is 1.16. The zero-order valence-corrected chi connectivity index (χ0v) is 10.5. The Labute approximate surface area is 101 Å². The van der Waals surface area contributed by atoms with Crippen LogP contribution < -0.4 is 0 Å². The first-order valence-corrected chi connectivity index (χ1v) is 5.47. The van der Waals surface area contributed by atoms with Gasteiger partial charge in [-0.25, -0.2) is 4.79 Å². The monoisotopic (exact) mass is 244 g/mol. The maximum Gasteiger partial charge on any atom is 0.335 e. The number of ether oxygens (including phenoxy) is 2. The van der Waals surface area contributed by atoms with Crippen molar-refractivity contribution >= 4 is 11.9 Å². The Hall–Kier alpha value is -1.36. The fourth-order valence-electron chi connectivity index (χ4n) is 1.40. The van der Waals surface area contributed by atoms with E-state index in [2.05, 4.69) is 11.3 Å². The minimum Gasteiger partial charge on any atom is -0.467 e. The molecule has 0 aliphatic carbocycles. The van der Waals surface area contributed by atoms with Crippen molar-refractivity contribution in [3.8, 4) is 0 Å². The molecule has 5 heteroatoms. The number of rotatable bonds is 7. The summed E-state index contributed by atoms with van der Waals surface area (Å²) in [6, 6.07) is 0. The second-order valence-electron chi connectivity index (χ2n) is 4.12. The van der Waals surface area contributed by atoms with E-state index in [4.69, 9.17) is 4.74 Å². The van der Waals surface area contributed by atoms with Gasteiger partial charge < -0.3 is 14.6 Å². The van der Waals surface area contributed by atoms with Crippen molar-refractivity contribution in [3.63, 3.8) is 0 Å². The van der Waals surface area contributed by atoms with Crippen LogP contribution in [0.5, 0.6) is 0 Å². The number of esters is 2. The van der Waals surface area contributed by atoms with Gasteiger partial charge in [-0.3, -0.25) is 4.79 Å². The molecule has 0 aromatic carbocycles. The minimum absolute atomic E-state index is 0.0569. The molecular weight excluding hydrogens is 224 g/mol. The van der Waals surface area contributed by atoms with E-state index in [-0.39, 0.29) is 12.5 Å². The average Bonchev–Trinajstić information content (AvgIpc) is 2.30. The molecule has 0 saturated carbocycles. The lowest BCUT2D eigenvalue weighted by Gasteiger charge is -2.21. The molecule has 0 aromatic rings. The molecule has 0 heterocycles. The van der Waals surface area contributed by atoms with Crippen LogP contribution in [0.2, 0.25) is 0 Å². The summed E-state index contributed by atoms with van der Waals surface area (Å²) < 4.78 is 9.26. The SMILES string of the molecule is C=CCOC(=O)C(CC(C)C)C(O)C(=O)OC. The first kappa shape index (κ1) is 15.6. The van der Waals surface area contributed by atoms with Gasteiger partial charge in [0.1, 0.15) is 6.61 Å². The first-order valence-electron chi connectivity index (χ1n) is 5.47. The Balaban J connectivity index is 4.67. The quantitative estimate of drug-likeness (QED) is 0.532. The van der Waals surface area contributed by atoms with Crippen LogP contribution in [-0.4, -0.2) is 36.9 Å². The molecule has 1 N–H and O–H groups in total. The van der Waals surface area contributed by atoms with Gasteiger partial charge in [0, 0.05) is 0 Å². The molecule has 0 bridgehead atoms. The van der Waals surface area contributed by atoms with Gasteiger partial charge in [0.25, 0.3) is 0 Å². The van der Waals surface area contributed by atoms with Crippen LogP contribution in [0.4, 0.5) is 0 Å². The third kappa shape index (κ3) is 5.49. The molecular formula is C12H20O5. The number of hydrogen-bond acceptors (Lipinski definition) is 5. The smallest absolute Gasteiger partial charge is 0.335 e. The Kier molecular flexibility index (Phi) is 7.21. The lowest BCUT2D eigenvalue weighted by molar-refractivity contribution is -0.165. The van der Waals surface area contributed by atoms with Gasteiger partial charge in [0.2, 0.25) is 0 Å². The second-order valence-corrected chi connectivity index (χ2v) is 4.12. The molecule has 0 rings (SSSR count). The summed E-state index contributed by atoms with van der Waals surface area (Å²) in [4.78, 5) is 22.9. The molecule has 0 aromatic heterocycles. The highest BCUT2D eigenvalue weighted by Crippen LogP contribution is 2.18. The summed E-state index contributed by atoms with van der Waals surface area (Å²) in [5.74, 6) is -2.19. The van der Waals surface area contributed by atoms with Crippen LogP contribution >= 0.6 is 0 Å². The van der Waals surface area contributed by atoms with Gasteiger partial charge in [-0.15, -0.1) is 0 Å². The number of carbonyl (C=O) groups excluding carboxylic acids is 2. The van der Waals surface area contributed by atoms with Gasteiger partial charge in [-0.1, -0.05) is 26.5 Å². The number of hydrogen-bond donors (Lipinski definition) is 1. The van der Waals surface area contributed by atoms with Crippen LogP contribution in [-0.2, 0) is 19.1 Å². The Bertz CT molecular complexity index is 272. The number of carbonyl (C=O) groups is 2. The minimum atomic E-state index is -1.49. The zero-order chi connectivity index (χ0) is 13.4. The van der Waals surface area contributed by atoms with Crippen molar-refractivity contribution in [1.29, 1.82) is 0 Å². The van der Waals surface area contributed by atoms with E-state index in [0.29, 0.717) is 6.42 Å². The van der Waals surface area contributed by atoms with Crippen LogP contribution in [0.3, 0.4) is 0 Å². The molecule has 0 aliphatic heterocycles. The van der Waals surface area contributed by atoms with Crippen LogP contribution in [0, 0.1) is 11.8 Å². The zero-order valence-electron chi connectivity index (χ0n) is 10.5. The number of aliphatic hydroxyl groups excluding tert-OH is 1. The van der Waals surface area contributed by atoms with Crippen LogP contribution in [0.1, 0.15) is 20.3 Å². The molecule has 17 heavy (non-hydrogen) atoms. The highest BCUT2D eigenvalue weighted by Gasteiger charge is 2.34. The molecule has 98 valence electrons. The van der Waals surface area contributed by atoms with Crippen molar-refractivity contribution in [1.82, 2.24) is 0 Å². The number of aliphatic hydroxyl groups is 1. The van der Waals surface area contributed by atoms with Gasteiger partial charge in [-0.05, 0) is 12.3 Å². The fourth-order valence-corrected chi connectivity index (χ4v) is 1.40. The van der Waals surface area contributed by atoms with Gasteiger partial charge in [-0.2, -0.15) is 0 Å². The van der Waals surface area contributed by atoms with Crippen LogP contribution in [0.15, 0.2) is 12.7 Å². The summed E-state index contributed by atoms with van der Waals surface area (Å²) in [6.45, 7) is 7.25. The molecule has 2 atom stereocenters. The van der Waals surface area contributed by atoms with E-state index in [1.807, 2.05) is 13.8 Å². The summed E-state index contributed by atoms with van der Waals surface area (Å²) >= 11 is 0. The number of methoxy groups -OCH3 is 1. The molecule has 0 fully saturated rings. The van der Waals surface area contributed by atoms with E-state index in [0.717, 1.165) is 7.11 Å². The van der Waals surface area contributed by atoms with Gasteiger partial charge >= 0.3 is 11.9 Å². The normalized spacial score (nSPS) is 13.9. The van der Waals surface area contributed by atoms with Crippen LogP contribution in [0.25, 0.3) is 0 Å². The van der Waals surface area contributed by atoms with E-state index in [1.54, 1.807) is 0 Å². The van der Waals surface area contributed by atoms with E-state index in [1.165, 1.54) is 6.08 Å². The fraction of sp³-hybridized carbons (Fsp3) is 0.667. The highest BCUT2D eigenvalue weighted by atomic mass is 16.5. The van der Waals surface area contributed by atoms with Crippen molar-refractivity contribution < 1.29 is 24.2 Å². The second kappa shape index (κ2) is 7.84. The maximum atomic E-state index is 11.7. The van der Waals surface area contributed by atoms with Crippen molar-refractivity contribution in [2.24, 2.45) is 11.8 Å². The predicted molar refractivity (Wildman–Crippen MR) is 62.1 cm³/mol. The lowest BCUT2D eigenvalue weighted by Crippen LogP contribution is -2.37. The van der Waals surface area contributed by atoms with Gasteiger partial charge in [0.15, 0.2) is 6.10 Å². The lowest BCUT2D eigenvalue weighted by atomic mass is 9.92. The average molecular weight is 244 g/mol. The Morgan fingerprint density at radius 2 is 1.94 bits per heavy atom. The molecule has 2 unspecified atom stereocenters.